The number of nitrogen functional groups attached to an aromatic ring is 1. The van der Waals surface area contributed by atoms with E-state index in [4.69, 9.17) is 17.3 Å². The van der Waals surface area contributed by atoms with Crippen molar-refractivity contribution in [1.82, 2.24) is 10.3 Å². The standard InChI is InChI=1S/C10H14ClN3O3S/c1-18(16,17)6-2-5-13-10(15)9-7(11)3-4-8(12)14-9/h3-4H,2,5-6H2,1H3,(H2,12,14)(H,13,15). The van der Waals surface area contributed by atoms with Crippen molar-refractivity contribution >= 4 is 33.2 Å². The van der Waals surface area contributed by atoms with E-state index in [1.807, 2.05) is 0 Å². The number of aromatic nitrogens is 1. The maximum absolute atomic E-state index is 11.7. The first-order valence-electron chi connectivity index (χ1n) is 5.17. The maximum atomic E-state index is 11.7. The number of nitrogens with zero attached hydrogens (tertiary/aromatic N) is 1. The highest BCUT2D eigenvalue weighted by molar-refractivity contribution is 7.90. The van der Waals surface area contributed by atoms with Crippen molar-refractivity contribution in [1.29, 1.82) is 0 Å². The molecule has 0 saturated heterocycles. The van der Waals surface area contributed by atoms with Gasteiger partial charge in [0.25, 0.3) is 5.91 Å². The third kappa shape index (κ3) is 4.89. The van der Waals surface area contributed by atoms with Gasteiger partial charge >= 0.3 is 0 Å². The van der Waals surface area contributed by atoms with E-state index in [2.05, 4.69) is 10.3 Å². The lowest BCUT2D eigenvalue weighted by Crippen LogP contribution is -2.27. The van der Waals surface area contributed by atoms with Crippen molar-refractivity contribution in [3.05, 3.63) is 22.8 Å². The van der Waals surface area contributed by atoms with Gasteiger partial charge in [0.05, 0.1) is 10.8 Å². The molecule has 0 bridgehead atoms. The lowest BCUT2D eigenvalue weighted by molar-refractivity contribution is 0.0949. The largest absolute Gasteiger partial charge is 0.384 e. The highest BCUT2D eigenvalue weighted by atomic mass is 35.5. The van der Waals surface area contributed by atoms with Crippen molar-refractivity contribution in [3.8, 4) is 0 Å². The minimum absolute atomic E-state index is 0.0192. The molecule has 1 aromatic heterocycles. The number of hydrogen-bond donors (Lipinski definition) is 2. The zero-order valence-corrected chi connectivity index (χ0v) is 11.4. The Morgan fingerprint density at radius 2 is 2.17 bits per heavy atom. The van der Waals surface area contributed by atoms with Gasteiger partial charge in [-0.15, -0.1) is 0 Å². The summed E-state index contributed by atoms with van der Waals surface area (Å²) in [6.07, 6.45) is 1.48. The summed E-state index contributed by atoms with van der Waals surface area (Å²) in [5.74, 6) is -0.257. The molecule has 0 unspecified atom stereocenters. The number of sulfone groups is 1. The molecule has 1 rings (SSSR count). The molecule has 1 amide bonds. The van der Waals surface area contributed by atoms with E-state index >= 15 is 0 Å². The summed E-state index contributed by atoms with van der Waals surface area (Å²) in [4.78, 5) is 15.5. The number of pyridine rings is 1. The summed E-state index contributed by atoms with van der Waals surface area (Å²) in [5, 5.41) is 2.73. The summed E-state index contributed by atoms with van der Waals surface area (Å²) in [5.41, 5.74) is 5.49. The Balaban J connectivity index is 2.53. The van der Waals surface area contributed by atoms with Gasteiger partial charge in [0.1, 0.15) is 21.3 Å². The molecule has 0 aliphatic rings. The Bertz CT molecular complexity index is 545. The van der Waals surface area contributed by atoms with E-state index in [-0.39, 0.29) is 28.8 Å². The number of nitrogens with two attached hydrogens (primary N) is 1. The van der Waals surface area contributed by atoms with Gasteiger partial charge in [0, 0.05) is 12.8 Å². The molecule has 0 saturated carbocycles. The van der Waals surface area contributed by atoms with Gasteiger partial charge in [0.15, 0.2) is 0 Å². The number of anilines is 1. The number of nitrogens with one attached hydrogen (secondary N) is 1. The van der Waals surface area contributed by atoms with Gasteiger partial charge < -0.3 is 11.1 Å². The summed E-state index contributed by atoms with van der Waals surface area (Å²) in [6, 6.07) is 2.97. The first-order chi connectivity index (χ1) is 8.29. The highest BCUT2D eigenvalue weighted by Gasteiger charge is 2.12. The fourth-order valence-electron chi connectivity index (χ4n) is 1.24. The molecule has 100 valence electrons. The van der Waals surface area contributed by atoms with Crippen molar-refractivity contribution in [2.75, 3.05) is 24.3 Å². The lowest BCUT2D eigenvalue weighted by atomic mass is 10.3. The molecule has 8 heteroatoms. The number of carbonyl (C=O) groups is 1. The van der Waals surface area contributed by atoms with Crippen LogP contribution in [0.1, 0.15) is 16.9 Å². The fraction of sp³-hybridized carbons (Fsp3) is 0.400. The summed E-state index contributed by atoms with van der Waals surface area (Å²) >= 11 is 5.80. The molecule has 0 radical (unpaired) electrons. The number of carbonyl (C=O) groups excluding carboxylic acids is 1. The topological polar surface area (TPSA) is 102 Å². The smallest absolute Gasteiger partial charge is 0.271 e. The van der Waals surface area contributed by atoms with Crippen molar-refractivity contribution < 1.29 is 13.2 Å². The van der Waals surface area contributed by atoms with Crippen LogP contribution < -0.4 is 11.1 Å². The van der Waals surface area contributed by atoms with E-state index in [0.717, 1.165) is 6.26 Å². The predicted octanol–water partition coefficient (Wildman–Crippen LogP) is 0.482. The van der Waals surface area contributed by atoms with Gasteiger partial charge in [-0.25, -0.2) is 13.4 Å². The van der Waals surface area contributed by atoms with Gasteiger partial charge in [-0.2, -0.15) is 0 Å². The lowest BCUT2D eigenvalue weighted by Gasteiger charge is -2.06. The molecule has 0 aliphatic heterocycles. The molecule has 0 aromatic carbocycles. The molecule has 0 spiro atoms. The van der Waals surface area contributed by atoms with Crippen LogP contribution in [-0.4, -0.2) is 37.9 Å². The van der Waals surface area contributed by atoms with Gasteiger partial charge in [-0.1, -0.05) is 11.6 Å². The molecular formula is C10H14ClN3O3S. The molecule has 1 heterocycles. The van der Waals surface area contributed by atoms with Crippen molar-refractivity contribution in [2.24, 2.45) is 0 Å². The monoisotopic (exact) mass is 291 g/mol. The first kappa shape index (κ1) is 14.7. The van der Waals surface area contributed by atoms with Crippen LogP contribution in [-0.2, 0) is 9.84 Å². The van der Waals surface area contributed by atoms with E-state index in [9.17, 15) is 13.2 Å². The molecule has 6 nitrogen and oxygen atoms in total. The number of rotatable bonds is 5. The van der Waals surface area contributed by atoms with E-state index in [0.29, 0.717) is 6.42 Å². The molecule has 3 N–H and O–H groups in total. The Labute approximate surface area is 110 Å². The van der Waals surface area contributed by atoms with Crippen LogP contribution in [0.2, 0.25) is 5.02 Å². The summed E-state index contributed by atoms with van der Waals surface area (Å²) in [7, 11) is -3.01. The second kappa shape index (κ2) is 6.01. The normalized spacial score (nSPS) is 11.2. The molecule has 1 aromatic rings. The zero-order valence-electron chi connectivity index (χ0n) is 9.81. The Kier molecular flexibility index (Phi) is 4.92. The van der Waals surface area contributed by atoms with Crippen LogP contribution >= 0.6 is 11.6 Å². The minimum atomic E-state index is -3.01. The highest BCUT2D eigenvalue weighted by Crippen LogP contribution is 2.14. The van der Waals surface area contributed by atoms with Crippen LogP contribution in [0.5, 0.6) is 0 Å². The Morgan fingerprint density at radius 3 is 2.78 bits per heavy atom. The van der Waals surface area contributed by atoms with Crippen LogP contribution in [0.4, 0.5) is 5.82 Å². The number of amides is 1. The van der Waals surface area contributed by atoms with Gasteiger partial charge in [-0.05, 0) is 18.6 Å². The third-order valence-electron chi connectivity index (χ3n) is 2.06. The van der Waals surface area contributed by atoms with Crippen LogP contribution in [0.15, 0.2) is 12.1 Å². The average molecular weight is 292 g/mol. The molecule has 0 fully saturated rings. The summed E-state index contributed by atoms with van der Waals surface area (Å²) < 4.78 is 21.8. The number of halogens is 1. The van der Waals surface area contributed by atoms with Crippen molar-refractivity contribution in [3.63, 3.8) is 0 Å². The SMILES string of the molecule is CS(=O)(=O)CCCNC(=O)c1nc(N)ccc1Cl. The average Bonchev–Trinajstić information content (AvgIpc) is 2.26. The van der Waals surface area contributed by atoms with E-state index in [1.54, 1.807) is 0 Å². The summed E-state index contributed by atoms with van der Waals surface area (Å²) in [6.45, 7) is 0.235. The Hall–Kier alpha value is -1.34. The maximum Gasteiger partial charge on any atom is 0.271 e. The van der Waals surface area contributed by atoms with Crippen LogP contribution in [0.3, 0.4) is 0 Å². The fourth-order valence-corrected chi connectivity index (χ4v) is 2.10. The quantitative estimate of drug-likeness (QED) is 0.768. The zero-order chi connectivity index (χ0) is 13.8. The second-order valence-corrected chi connectivity index (χ2v) is 6.47. The van der Waals surface area contributed by atoms with Crippen LogP contribution in [0.25, 0.3) is 0 Å². The van der Waals surface area contributed by atoms with Gasteiger partial charge in [0.2, 0.25) is 0 Å². The van der Waals surface area contributed by atoms with E-state index in [1.165, 1.54) is 12.1 Å². The third-order valence-corrected chi connectivity index (χ3v) is 3.40. The second-order valence-electron chi connectivity index (χ2n) is 3.81. The predicted molar refractivity (Wildman–Crippen MR) is 70.3 cm³/mol. The first-order valence-corrected chi connectivity index (χ1v) is 7.61. The molecule has 18 heavy (non-hydrogen) atoms. The molecule has 0 atom stereocenters. The Morgan fingerprint density at radius 1 is 1.50 bits per heavy atom. The molecular weight excluding hydrogens is 278 g/mol. The van der Waals surface area contributed by atoms with Crippen molar-refractivity contribution in [2.45, 2.75) is 6.42 Å². The molecule has 0 aliphatic carbocycles. The van der Waals surface area contributed by atoms with E-state index < -0.39 is 15.7 Å². The minimum Gasteiger partial charge on any atom is -0.384 e. The van der Waals surface area contributed by atoms with Gasteiger partial charge in [-0.3, -0.25) is 4.79 Å². The van der Waals surface area contributed by atoms with Crippen LogP contribution in [0, 0.1) is 0 Å². The number of hydrogen-bond acceptors (Lipinski definition) is 5.